The van der Waals surface area contributed by atoms with Crippen molar-refractivity contribution in [3.63, 3.8) is 0 Å². The van der Waals surface area contributed by atoms with E-state index in [0.29, 0.717) is 0 Å². The van der Waals surface area contributed by atoms with Crippen LogP contribution >= 0.6 is 0 Å². The molecule has 2 aliphatic carbocycles. The maximum atomic E-state index is 4.94. The van der Waals surface area contributed by atoms with Crippen LogP contribution in [-0.4, -0.2) is 4.98 Å². The Balaban J connectivity index is 1.42. The molecule has 2 fully saturated rings. The van der Waals surface area contributed by atoms with Gasteiger partial charge in [0.2, 0.25) is 0 Å². The Hall–Kier alpha value is -0.850. The van der Waals surface area contributed by atoms with Gasteiger partial charge in [-0.05, 0) is 80.8 Å². The van der Waals surface area contributed by atoms with Gasteiger partial charge in [0.05, 0.1) is 0 Å². The molecule has 1 aromatic heterocycles. The van der Waals surface area contributed by atoms with Gasteiger partial charge in [-0.3, -0.25) is 4.98 Å². The Morgan fingerprint density at radius 2 is 1.37 bits per heavy atom. The molecule has 0 aliphatic heterocycles. The SMILES string of the molecule is CCCCCCC1CCC(c2ccc(C3CCC(CCC)CC3)nc2)CC1. The van der Waals surface area contributed by atoms with Crippen molar-refractivity contribution in [3.05, 3.63) is 29.6 Å². The normalized spacial score (nSPS) is 29.0. The lowest BCUT2D eigenvalue weighted by Gasteiger charge is -2.30. The summed E-state index contributed by atoms with van der Waals surface area (Å²) >= 11 is 0. The number of hydrogen-bond acceptors (Lipinski definition) is 1. The quantitative estimate of drug-likeness (QED) is 0.398. The maximum absolute atomic E-state index is 4.94. The summed E-state index contributed by atoms with van der Waals surface area (Å²) in [7, 11) is 0. The number of nitrogens with zero attached hydrogens (tertiary/aromatic N) is 1. The minimum absolute atomic E-state index is 0.728. The predicted octanol–water partition coefficient (Wildman–Crippen LogP) is 8.40. The number of pyridine rings is 1. The second-order valence-corrected chi connectivity index (χ2v) is 9.59. The number of aromatic nitrogens is 1. The number of rotatable bonds is 9. The van der Waals surface area contributed by atoms with Crippen LogP contribution in [0.25, 0.3) is 0 Å². The third kappa shape index (κ3) is 6.33. The zero-order chi connectivity index (χ0) is 18.9. The summed E-state index contributed by atoms with van der Waals surface area (Å²) in [6.07, 6.45) is 23.4. The number of hydrogen-bond donors (Lipinski definition) is 0. The summed E-state index contributed by atoms with van der Waals surface area (Å²) in [5.74, 6) is 3.50. The minimum atomic E-state index is 0.728. The van der Waals surface area contributed by atoms with Crippen LogP contribution in [0.3, 0.4) is 0 Å². The molecule has 0 bridgehead atoms. The van der Waals surface area contributed by atoms with Gasteiger partial charge in [-0.25, -0.2) is 0 Å². The van der Waals surface area contributed by atoms with E-state index in [-0.39, 0.29) is 0 Å². The van der Waals surface area contributed by atoms with Gasteiger partial charge >= 0.3 is 0 Å². The molecule has 27 heavy (non-hydrogen) atoms. The van der Waals surface area contributed by atoms with Crippen LogP contribution in [0.1, 0.15) is 133 Å². The number of unbranched alkanes of at least 4 members (excludes halogenated alkanes) is 3. The fraction of sp³-hybridized carbons (Fsp3) is 0.808. The zero-order valence-corrected chi connectivity index (χ0v) is 18.1. The molecule has 2 saturated carbocycles. The van der Waals surface area contributed by atoms with Crippen LogP contribution in [0.2, 0.25) is 0 Å². The Kier molecular flexibility index (Phi) is 8.68. The molecule has 0 radical (unpaired) electrons. The topological polar surface area (TPSA) is 12.9 Å². The first-order valence-electron chi connectivity index (χ1n) is 12.3. The highest BCUT2D eigenvalue weighted by molar-refractivity contribution is 5.21. The predicted molar refractivity (Wildman–Crippen MR) is 117 cm³/mol. The molecule has 0 aromatic carbocycles. The van der Waals surface area contributed by atoms with Crippen LogP contribution in [0, 0.1) is 11.8 Å². The summed E-state index contributed by atoms with van der Waals surface area (Å²) in [5, 5.41) is 0. The third-order valence-electron chi connectivity index (χ3n) is 7.56. The smallest absolute Gasteiger partial charge is 0.0434 e. The molecule has 1 heteroatoms. The third-order valence-corrected chi connectivity index (χ3v) is 7.56. The van der Waals surface area contributed by atoms with E-state index >= 15 is 0 Å². The summed E-state index contributed by atoms with van der Waals surface area (Å²) in [6, 6.07) is 4.80. The van der Waals surface area contributed by atoms with E-state index in [1.165, 1.54) is 108 Å². The van der Waals surface area contributed by atoms with Crippen LogP contribution in [0.4, 0.5) is 0 Å². The molecular formula is C26H43N. The molecule has 152 valence electrons. The molecule has 1 nitrogen and oxygen atoms in total. The van der Waals surface area contributed by atoms with E-state index < -0.39 is 0 Å². The van der Waals surface area contributed by atoms with Gasteiger partial charge in [0.1, 0.15) is 0 Å². The molecule has 0 spiro atoms. The van der Waals surface area contributed by atoms with Crippen molar-refractivity contribution in [2.24, 2.45) is 11.8 Å². The fourth-order valence-corrected chi connectivity index (χ4v) is 5.70. The monoisotopic (exact) mass is 369 g/mol. The van der Waals surface area contributed by atoms with E-state index in [1.807, 2.05) is 0 Å². The summed E-state index contributed by atoms with van der Waals surface area (Å²) in [5.41, 5.74) is 2.89. The van der Waals surface area contributed by atoms with Gasteiger partial charge in [0.15, 0.2) is 0 Å². The Labute approximate surface area is 168 Å². The van der Waals surface area contributed by atoms with E-state index in [0.717, 1.165) is 23.7 Å². The second kappa shape index (κ2) is 11.2. The van der Waals surface area contributed by atoms with Crippen molar-refractivity contribution in [2.75, 3.05) is 0 Å². The average Bonchev–Trinajstić information content (AvgIpc) is 2.73. The largest absolute Gasteiger partial charge is 0.261 e. The summed E-state index contributed by atoms with van der Waals surface area (Å²) < 4.78 is 0. The molecule has 0 saturated heterocycles. The molecule has 0 atom stereocenters. The fourth-order valence-electron chi connectivity index (χ4n) is 5.70. The lowest BCUT2D eigenvalue weighted by Crippen LogP contribution is -2.15. The van der Waals surface area contributed by atoms with Gasteiger partial charge in [0, 0.05) is 17.8 Å². The van der Waals surface area contributed by atoms with E-state index in [1.54, 1.807) is 0 Å². The highest BCUT2D eigenvalue weighted by Crippen LogP contribution is 2.39. The maximum Gasteiger partial charge on any atom is 0.0434 e. The van der Waals surface area contributed by atoms with Crippen molar-refractivity contribution >= 4 is 0 Å². The first kappa shape index (κ1) is 20.9. The zero-order valence-electron chi connectivity index (χ0n) is 18.1. The molecule has 0 N–H and O–H groups in total. The summed E-state index contributed by atoms with van der Waals surface area (Å²) in [6.45, 7) is 4.63. The van der Waals surface area contributed by atoms with Crippen LogP contribution in [0.15, 0.2) is 18.3 Å². The molecule has 0 amide bonds. The van der Waals surface area contributed by atoms with Crippen molar-refractivity contribution in [2.45, 2.75) is 122 Å². The Morgan fingerprint density at radius 3 is 1.96 bits per heavy atom. The highest BCUT2D eigenvalue weighted by Gasteiger charge is 2.24. The lowest BCUT2D eigenvalue weighted by molar-refractivity contribution is 0.300. The molecular weight excluding hydrogens is 326 g/mol. The minimum Gasteiger partial charge on any atom is -0.261 e. The van der Waals surface area contributed by atoms with Gasteiger partial charge < -0.3 is 0 Å². The van der Waals surface area contributed by atoms with E-state index in [9.17, 15) is 0 Å². The van der Waals surface area contributed by atoms with Crippen LogP contribution < -0.4 is 0 Å². The standard InChI is InChI=1S/C26H43N/c1-3-5-6-7-9-22-10-14-23(15-11-22)25-18-19-26(27-20-25)24-16-12-21(8-4-2)13-17-24/h18-24H,3-17H2,1-2H3. The average molecular weight is 370 g/mol. The van der Waals surface area contributed by atoms with E-state index in [4.69, 9.17) is 4.98 Å². The van der Waals surface area contributed by atoms with Gasteiger partial charge in [-0.2, -0.15) is 0 Å². The van der Waals surface area contributed by atoms with Crippen molar-refractivity contribution in [3.8, 4) is 0 Å². The van der Waals surface area contributed by atoms with Gasteiger partial charge in [0.25, 0.3) is 0 Å². The highest BCUT2D eigenvalue weighted by atomic mass is 14.7. The van der Waals surface area contributed by atoms with Crippen molar-refractivity contribution < 1.29 is 0 Å². The molecule has 1 aromatic rings. The lowest BCUT2D eigenvalue weighted by atomic mass is 9.76. The molecule has 3 rings (SSSR count). The first-order chi connectivity index (χ1) is 13.3. The van der Waals surface area contributed by atoms with Crippen molar-refractivity contribution in [1.29, 1.82) is 0 Å². The van der Waals surface area contributed by atoms with E-state index in [2.05, 4.69) is 32.2 Å². The molecule has 2 aliphatic rings. The second-order valence-electron chi connectivity index (χ2n) is 9.59. The van der Waals surface area contributed by atoms with Gasteiger partial charge in [-0.1, -0.05) is 64.9 Å². The van der Waals surface area contributed by atoms with Gasteiger partial charge in [-0.15, -0.1) is 0 Å². The molecule has 0 unspecified atom stereocenters. The Bertz CT molecular complexity index is 504. The van der Waals surface area contributed by atoms with Crippen LogP contribution in [0.5, 0.6) is 0 Å². The van der Waals surface area contributed by atoms with Crippen LogP contribution in [-0.2, 0) is 0 Å². The first-order valence-corrected chi connectivity index (χ1v) is 12.3. The summed E-state index contributed by atoms with van der Waals surface area (Å²) in [4.78, 5) is 4.94. The van der Waals surface area contributed by atoms with Crippen molar-refractivity contribution in [1.82, 2.24) is 4.98 Å². The molecule has 1 heterocycles. The Morgan fingerprint density at radius 1 is 0.704 bits per heavy atom.